The number of piperazine rings is 1. The Kier molecular flexibility index (Phi) is 5.98. The molecule has 0 unspecified atom stereocenters. The van der Waals surface area contributed by atoms with Crippen molar-refractivity contribution in [2.45, 2.75) is 9.79 Å². The lowest BCUT2D eigenvalue weighted by molar-refractivity contribution is 0.0698. The minimum Gasteiger partial charge on any atom is -0.339 e. The van der Waals surface area contributed by atoms with Crippen molar-refractivity contribution in [1.29, 1.82) is 0 Å². The van der Waals surface area contributed by atoms with E-state index in [1.54, 1.807) is 59.5 Å². The highest BCUT2D eigenvalue weighted by Gasteiger charge is 2.32. The van der Waals surface area contributed by atoms with Crippen LogP contribution in [0.3, 0.4) is 0 Å². The number of nitrogens with one attached hydrogen (secondary N) is 1. The van der Waals surface area contributed by atoms with Gasteiger partial charge in [-0.2, -0.15) is 21.5 Å². The second-order valence-corrected chi connectivity index (χ2v) is 12.7. The van der Waals surface area contributed by atoms with Gasteiger partial charge >= 0.3 is 0 Å². The molecule has 11 nitrogen and oxygen atoms in total. The summed E-state index contributed by atoms with van der Waals surface area (Å²) in [7, 11) is -7.52. The molecule has 0 bridgehead atoms. The minimum atomic E-state index is -3.78. The van der Waals surface area contributed by atoms with Gasteiger partial charge in [-0.05, 0) is 48.5 Å². The smallest absolute Gasteiger partial charge is 0.285 e. The molecule has 3 heterocycles. The second kappa shape index (κ2) is 9.23. The quantitative estimate of drug-likeness (QED) is 0.396. The fourth-order valence-corrected chi connectivity index (χ4v) is 7.82. The van der Waals surface area contributed by atoms with Crippen LogP contribution in [-0.4, -0.2) is 72.7 Å². The highest BCUT2D eigenvalue weighted by atomic mass is 32.2. The number of carbonyl (C=O) groups excluding carboxylic acids is 1. The summed E-state index contributed by atoms with van der Waals surface area (Å²) in [6.07, 6.45) is 0. The van der Waals surface area contributed by atoms with Crippen LogP contribution in [0, 0.1) is 0 Å². The van der Waals surface area contributed by atoms with Gasteiger partial charge in [-0.25, -0.2) is 8.42 Å². The lowest BCUT2D eigenvalue weighted by Crippen LogP contribution is -2.50. The number of rotatable bonds is 4. The number of sulfonamides is 2. The summed E-state index contributed by atoms with van der Waals surface area (Å²) in [5.74, 6) is 0.00617. The normalized spacial score (nSPS) is 17.3. The molecule has 1 saturated heterocycles. The highest BCUT2D eigenvalue weighted by Crippen LogP contribution is 2.28. The molecule has 4 aromatic rings. The summed E-state index contributed by atoms with van der Waals surface area (Å²) in [5, 5.41) is 3.01. The maximum Gasteiger partial charge on any atom is 0.285 e. The number of anilines is 1. The van der Waals surface area contributed by atoms with Crippen LogP contribution >= 0.6 is 11.7 Å². The van der Waals surface area contributed by atoms with Crippen molar-refractivity contribution < 1.29 is 21.6 Å². The van der Waals surface area contributed by atoms with Crippen LogP contribution in [0.2, 0.25) is 0 Å². The predicted octanol–water partition coefficient (Wildman–Crippen LogP) is 2.40. The molecule has 0 saturated carbocycles. The maximum absolute atomic E-state index is 13.2. The monoisotopic (exact) mass is 568 g/mol. The number of benzene rings is 3. The van der Waals surface area contributed by atoms with Crippen molar-refractivity contribution in [2.75, 3.05) is 31.5 Å². The van der Waals surface area contributed by atoms with E-state index in [-0.39, 0.29) is 47.7 Å². The first kappa shape index (κ1) is 24.6. The molecule has 0 aliphatic carbocycles. The van der Waals surface area contributed by atoms with E-state index < -0.39 is 20.0 Å². The Morgan fingerprint density at radius 1 is 0.895 bits per heavy atom. The van der Waals surface area contributed by atoms with Crippen LogP contribution in [0.1, 0.15) is 15.9 Å². The Balaban J connectivity index is 1.12. The third kappa shape index (κ3) is 4.24. The molecule has 1 fully saturated rings. The van der Waals surface area contributed by atoms with Crippen molar-refractivity contribution in [3.63, 3.8) is 0 Å². The molecule has 0 atom stereocenters. The summed E-state index contributed by atoms with van der Waals surface area (Å²) < 4.78 is 64.5. The minimum absolute atomic E-state index is 0.119. The van der Waals surface area contributed by atoms with Gasteiger partial charge in [-0.15, -0.1) is 4.40 Å². The van der Waals surface area contributed by atoms with Crippen LogP contribution in [0.15, 0.2) is 80.9 Å². The molecule has 1 amide bonds. The molecule has 6 rings (SSSR count). The van der Waals surface area contributed by atoms with E-state index in [1.807, 2.05) is 0 Å². The van der Waals surface area contributed by atoms with Gasteiger partial charge in [-0.3, -0.25) is 4.79 Å². The zero-order chi connectivity index (χ0) is 26.5. The Hall–Kier alpha value is -3.72. The standard InChI is InChI=1S/C24H20N6O5S3/c31-24(16-8-10-17(11-9-16)25-23-18-4-1-2-6-20(18)37(32,33)28-23)29-12-14-30(15-13-29)38(34,35)21-7-3-5-19-22(21)27-36-26-19/h1-11H,12-15H2,(H,25,28). The van der Waals surface area contributed by atoms with Crippen LogP contribution < -0.4 is 5.32 Å². The predicted molar refractivity (Wildman–Crippen MR) is 142 cm³/mol. The molecule has 38 heavy (non-hydrogen) atoms. The molecule has 0 radical (unpaired) electrons. The zero-order valence-corrected chi connectivity index (χ0v) is 22.1. The number of aromatic nitrogens is 2. The molecule has 1 aromatic heterocycles. The SMILES string of the molecule is O=C(c1ccc(NC2=NS(=O)(=O)c3ccccc32)cc1)N1CCN(S(=O)(=O)c2cccc3nsnc23)CC1. The van der Waals surface area contributed by atoms with Gasteiger partial charge in [0.2, 0.25) is 10.0 Å². The number of hydrogen-bond donors (Lipinski definition) is 1. The van der Waals surface area contributed by atoms with E-state index in [0.717, 1.165) is 11.7 Å². The zero-order valence-electron chi connectivity index (χ0n) is 19.7. The van der Waals surface area contributed by atoms with E-state index in [0.29, 0.717) is 27.8 Å². The Morgan fingerprint density at radius 3 is 2.39 bits per heavy atom. The van der Waals surface area contributed by atoms with Crippen molar-refractivity contribution in [2.24, 2.45) is 4.40 Å². The molecular weight excluding hydrogens is 549 g/mol. The van der Waals surface area contributed by atoms with Gasteiger partial charge in [0.25, 0.3) is 15.9 Å². The third-order valence-electron chi connectivity index (χ3n) is 6.42. The molecule has 3 aromatic carbocycles. The lowest BCUT2D eigenvalue weighted by Gasteiger charge is -2.34. The van der Waals surface area contributed by atoms with Gasteiger partial charge in [0, 0.05) is 43.0 Å². The second-order valence-electron chi connectivity index (χ2n) is 8.70. The molecule has 1 N–H and O–H groups in total. The topological polar surface area (TPSA) is 142 Å². The molecule has 2 aliphatic heterocycles. The molecule has 14 heteroatoms. The van der Waals surface area contributed by atoms with Crippen LogP contribution in [0.25, 0.3) is 11.0 Å². The van der Waals surface area contributed by atoms with Gasteiger partial charge in [0.1, 0.15) is 20.8 Å². The van der Waals surface area contributed by atoms with Crippen molar-refractivity contribution in [1.82, 2.24) is 18.0 Å². The van der Waals surface area contributed by atoms with E-state index in [1.165, 1.54) is 16.4 Å². The van der Waals surface area contributed by atoms with Crippen molar-refractivity contribution in [3.8, 4) is 0 Å². The first-order valence-corrected chi connectivity index (χ1v) is 15.2. The largest absolute Gasteiger partial charge is 0.339 e. The average Bonchev–Trinajstić information content (AvgIpc) is 3.51. The van der Waals surface area contributed by atoms with Gasteiger partial charge in [0.05, 0.1) is 11.7 Å². The van der Waals surface area contributed by atoms with E-state index in [2.05, 4.69) is 18.5 Å². The molecule has 0 spiro atoms. The molecule has 2 aliphatic rings. The van der Waals surface area contributed by atoms with Gasteiger partial charge in [0.15, 0.2) is 5.84 Å². The summed E-state index contributed by atoms with van der Waals surface area (Å²) in [5.41, 5.74) is 2.39. The number of amidine groups is 1. The summed E-state index contributed by atoms with van der Waals surface area (Å²) in [6.45, 7) is 0.814. The molecule has 194 valence electrons. The lowest BCUT2D eigenvalue weighted by atomic mass is 10.1. The van der Waals surface area contributed by atoms with Crippen LogP contribution in [0.5, 0.6) is 0 Å². The number of hydrogen-bond acceptors (Lipinski definition) is 9. The number of fused-ring (bicyclic) bond motifs is 2. The summed E-state index contributed by atoms with van der Waals surface area (Å²) in [6, 6.07) is 18.1. The first-order chi connectivity index (χ1) is 18.2. The first-order valence-electron chi connectivity index (χ1n) is 11.6. The van der Waals surface area contributed by atoms with Crippen LogP contribution in [-0.2, 0) is 20.0 Å². The van der Waals surface area contributed by atoms with Gasteiger partial charge < -0.3 is 10.2 Å². The number of nitrogens with zero attached hydrogens (tertiary/aromatic N) is 5. The number of amides is 1. The van der Waals surface area contributed by atoms with Crippen LogP contribution in [0.4, 0.5) is 5.69 Å². The molecular formula is C24H20N6O5S3. The van der Waals surface area contributed by atoms with Crippen molar-refractivity contribution >= 4 is 60.2 Å². The summed E-state index contributed by atoms with van der Waals surface area (Å²) in [4.78, 5) is 15.0. The van der Waals surface area contributed by atoms with Crippen molar-refractivity contribution in [3.05, 3.63) is 77.9 Å². The Morgan fingerprint density at radius 2 is 1.63 bits per heavy atom. The Bertz CT molecular complexity index is 1810. The van der Waals surface area contributed by atoms with E-state index in [9.17, 15) is 21.6 Å². The fourth-order valence-electron chi connectivity index (χ4n) is 4.47. The van der Waals surface area contributed by atoms with E-state index in [4.69, 9.17) is 0 Å². The third-order valence-corrected chi connectivity index (χ3v) is 10.2. The fraction of sp³-hybridized carbons (Fsp3) is 0.167. The Labute approximate surface area is 222 Å². The number of carbonyl (C=O) groups is 1. The average molecular weight is 569 g/mol. The maximum atomic E-state index is 13.2. The van der Waals surface area contributed by atoms with E-state index >= 15 is 0 Å². The van der Waals surface area contributed by atoms with Gasteiger partial charge in [-0.1, -0.05) is 18.2 Å². The highest BCUT2D eigenvalue weighted by molar-refractivity contribution is 7.90. The summed E-state index contributed by atoms with van der Waals surface area (Å²) >= 11 is 0.965.